The molecule has 2 heteroatoms. The molecule has 9 heavy (non-hydrogen) atoms. The second-order valence-electron chi connectivity index (χ2n) is 2.51. The second-order valence-corrected chi connectivity index (χ2v) is 2.51. The van der Waals surface area contributed by atoms with Gasteiger partial charge in [0, 0.05) is 0 Å². The van der Waals surface area contributed by atoms with Crippen molar-refractivity contribution in [1.82, 2.24) is 5.32 Å². The van der Waals surface area contributed by atoms with Crippen LogP contribution < -0.4 is 5.32 Å². The highest BCUT2D eigenvalue weighted by atomic mass is 19.1. The van der Waals surface area contributed by atoms with Gasteiger partial charge >= 0.3 is 0 Å². The summed E-state index contributed by atoms with van der Waals surface area (Å²) in [5.41, 5.74) is 0. The summed E-state index contributed by atoms with van der Waals surface area (Å²) in [5.74, 6) is 0.493. The van der Waals surface area contributed by atoms with Gasteiger partial charge < -0.3 is 0 Å². The molecule has 0 bridgehead atoms. The topological polar surface area (TPSA) is 12.0 Å². The summed E-state index contributed by atoms with van der Waals surface area (Å²) < 4.78 is 12.5. The lowest BCUT2D eigenvalue weighted by molar-refractivity contribution is 0.238. The molecule has 1 N–H and O–H groups in total. The van der Waals surface area contributed by atoms with Gasteiger partial charge in [-0.15, -0.1) is 0 Å². The number of hydrogen-bond donors (Lipinski definition) is 1. The molecule has 56 valence electrons. The molecule has 0 aliphatic carbocycles. The normalized spacial score (nSPS) is 17.3. The third-order valence-electron chi connectivity index (χ3n) is 1.62. The Morgan fingerprint density at radius 1 is 1.56 bits per heavy atom. The van der Waals surface area contributed by atoms with E-state index in [4.69, 9.17) is 0 Å². The van der Waals surface area contributed by atoms with Crippen molar-refractivity contribution in [1.29, 1.82) is 0 Å². The summed E-state index contributed by atoms with van der Waals surface area (Å²) in [7, 11) is 1.65. The van der Waals surface area contributed by atoms with E-state index in [1.807, 2.05) is 0 Å². The highest BCUT2D eigenvalue weighted by Crippen LogP contribution is 2.09. The molecule has 0 aromatic heterocycles. The van der Waals surface area contributed by atoms with Gasteiger partial charge in [0.1, 0.15) is 0 Å². The predicted octanol–water partition coefficient (Wildman–Crippen LogP) is 1.94. The first-order valence-electron chi connectivity index (χ1n) is 3.52. The molecule has 0 aliphatic rings. The number of rotatable bonds is 4. The van der Waals surface area contributed by atoms with E-state index in [1.54, 1.807) is 7.05 Å². The van der Waals surface area contributed by atoms with Crippen LogP contribution in [0.15, 0.2) is 0 Å². The Morgan fingerprint density at radius 2 is 2.11 bits per heavy atom. The third-order valence-corrected chi connectivity index (χ3v) is 1.62. The van der Waals surface area contributed by atoms with Crippen LogP contribution in [0.4, 0.5) is 4.39 Å². The minimum absolute atomic E-state index is 0.493. The molecule has 0 aromatic carbocycles. The zero-order valence-electron chi connectivity index (χ0n) is 6.45. The molecule has 0 radical (unpaired) electrons. The Hall–Kier alpha value is -0.110. The molecular formula is C7H16FN. The van der Waals surface area contributed by atoms with Crippen LogP contribution in [-0.2, 0) is 0 Å². The van der Waals surface area contributed by atoms with E-state index in [1.165, 1.54) is 0 Å². The highest BCUT2D eigenvalue weighted by molar-refractivity contribution is 4.55. The molecule has 0 saturated carbocycles. The first-order chi connectivity index (χ1) is 4.20. The van der Waals surface area contributed by atoms with Gasteiger partial charge in [-0.3, -0.25) is 5.32 Å². The lowest BCUT2D eigenvalue weighted by atomic mass is 10.1. The molecule has 0 heterocycles. The van der Waals surface area contributed by atoms with Crippen LogP contribution >= 0.6 is 0 Å². The molecule has 0 rings (SSSR count). The number of hydrogen-bond acceptors (Lipinski definition) is 1. The molecule has 2 unspecified atom stereocenters. The van der Waals surface area contributed by atoms with E-state index >= 15 is 0 Å². The van der Waals surface area contributed by atoms with Crippen molar-refractivity contribution in [2.24, 2.45) is 5.92 Å². The van der Waals surface area contributed by atoms with Gasteiger partial charge in [-0.2, -0.15) is 0 Å². The Bertz CT molecular complexity index is 57.9. The lowest BCUT2D eigenvalue weighted by Gasteiger charge is -2.10. The molecule has 0 aromatic rings. The molecule has 2 atom stereocenters. The fourth-order valence-corrected chi connectivity index (χ4v) is 0.638. The van der Waals surface area contributed by atoms with Crippen LogP contribution in [0.1, 0.15) is 26.7 Å². The Balaban J connectivity index is 3.22. The summed E-state index contributed by atoms with van der Waals surface area (Å²) in [6, 6.07) is 0. The summed E-state index contributed by atoms with van der Waals surface area (Å²) in [6.07, 6.45) is 0.870. The fraction of sp³-hybridized carbons (Fsp3) is 1.00. The van der Waals surface area contributed by atoms with E-state index in [-0.39, 0.29) is 0 Å². The highest BCUT2D eigenvalue weighted by Gasteiger charge is 2.06. The van der Waals surface area contributed by atoms with Crippen LogP contribution in [-0.4, -0.2) is 13.3 Å². The first kappa shape index (κ1) is 8.89. The molecule has 0 aliphatic heterocycles. The number of nitrogens with one attached hydrogen (secondary N) is 1. The van der Waals surface area contributed by atoms with E-state index in [2.05, 4.69) is 19.2 Å². The monoisotopic (exact) mass is 133 g/mol. The maximum atomic E-state index is 12.5. The maximum Gasteiger partial charge on any atom is 0.151 e. The van der Waals surface area contributed by atoms with Gasteiger partial charge in [0.05, 0.1) is 0 Å². The third kappa shape index (κ3) is 4.40. The molecule has 0 spiro atoms. The molecule has 0 amide bonds. The van der Waals surface area contributed by atoms with Crippen molar-refractivity contribution in [3.8, 4) is 0 Å². The predicted molar refractivity (Wildman–Crippen MR) is 38.0 cm³/mol. The average Bonchev–Trinajstić information content (AvgIpc) is 1.87. The number of halogens is 1. The van der Waals surface area contributed by atoms with Gasteiger partial charge in [-0.05, 0) is 19.4 Å². The molecule has 1 nitrogen and oxygen atoms in total. The van der Waals surface area contributed by atoms with Crippen LogP contribution in [0.5, 0.6) is 0 Å². The van der Waals surface area contributed by atoms with Crippen molar-refractivity contribution in [3.63, 3.8) is 0 Å². The first-order valence-corrected chi connectivity index (χ1v) is 3.52. The maximum absolute atomic E-state index is 12.5. The van der Waals surface area contributed by atoms with Gasteiger partial charge in [0.25, 0.3) is 0 Å². The Kier molecular flexibility index (Phi) is 4.68. The zero-order chi connectivity index (χ0) is 7.28. The zero-order valence-corrected chi connectivity index (χ0v) is 6.45. The van der Waals surface area contributed by atoms with E-state index in [0.29, 0.717) is 12.3 Å². The summed E-state index contributed by atoms with van der Waals surface area (Å²) in [4.78, 5) is 0. The van der Waals surface area contributed by atoms with Gasteiger partial charge in [-0.25, -0.2) is 4.39 Å². The lowest BCUT2D eigenvalue weighted by Crippen LogP contribution is -2.21. The molecular weight excluding hydrogens is 117 g/mol. The summed E-state index contributed by atoms with van der Waals surface area (Å²) in [5, 5.41) is 2.56. The van der Waals surface area contributed by atoms with Crippen LogP contribution in [0.3, 0.4) is 0 Å². The largest absolute Gasteiger partial charge is 0.291 e. The number of alkyl halides is 1. The van der Waals surface area contributed by atoms with Gasteiger partial charge in [0.15, 0.2) is 6.30 Å². The van der Waals surface area contributed by atoms with Crippen molar-refractivity contribution in [3.05, 3.63) is 0 Å². The quantitative estimate of drug-likeness (QED) is 0.578. The second kappa shape index (κ2) is 4.74. The van der Waals surface area contributed by atoms with Crippen LogP contribution in [0.2, 0.25) is 0 Å². The van der Waals surface area contributed by atoms with Gasteiger partial charge in [-0.1, -0.05) is 20.3 Å². The van der Waals surface area contributed by atoms with Crippen molar-refractivity contribution in [2.75, 3.05) is 7.05 Å². The van der Waals surface area contributed by atoms with E-state index in [0.717, 1.165) is 6.42 Å². The Labute approximate surface area is 56.6 Å². The SMILES string of the molecule is CCC(C)CC(F)NC. The van der Waals surface area contributed by atoms with Crippen molar-refractivity contribution in [2.45, 2.75) is 33.0 Å². The summed E-state index contributed by atoms with van der Waals surface area (Å²) >= 11 is 0. The van der Waals surface area contributed by atoms with E-state index < -0.39 is 6.30 Å². The standard InChI is InChI=1S/C7H16FN/c1-4-6(2)5-7(8)9-3/h6-7,9H,4-5H2,1-3H3. The average molecular weight is 133 g/mol. The molecule has 0 saturated heterocycles. The smallest absolute Gasteiger partial charge is 0.151 e. The van der Waals surface area contributed by atoms with E-state index in [9.17, 15) is 4.39 Å². The van der Waals surface area contributed by atoms with Crippen molar-refractivity contribution >= 4 is 0 Å². The Morgan fingerprint density at radius 3 is 2.44 bits per heavy atom. The van der Waals surface area contributed by atoms with Gasteiger partial charge in [0.2, 0.25) is 0 Å². The van der Waals surface area contributed by atoms with Crippen LogP contribution in [0, 0.1) is 5.92 Å². The van der Waals surface area contributed by atoms with Crippen molar-refractivity contribution < 1.29 is 4.39 Å². The summed E-state index contributed by atoms with van der Waals surface area (Å²) in [6.45, 7) is 4.14. The minimum atomic E-state index is -0.819. The fourth-order valence-electron chi connectivity index (χ4n) is 0.638. The minimum Gasteiger partial charge on any atom is -0.291 e. The molecule has 0 fully saturated rings. The van der Waals surface area contributed by atoms with Crippen LogP contribution in [0.25, 0.3) is 0 Å².